The van der Waals surface area contributed by atoms with Crippen molar-refractivity contribution in [3.8, 4) is 0 Å². The lowest BCUT2D eigenvalue weighted by Crippen LogP contribution is -2.07. The molecule has 1 aromatic carbocycles. The van der Waals surface area contributed by atoms with Gasteiger partial charge < -0.3 is 0 Å². The fraction of sp³-hybridized carbons (Fsp3) is 0.250. The predicted molar refractivity (Wildman–Crippen MR) is 57.3 cm³/mol. The largest absolute Gasteiger partial charge is 0.224 e. The first kappa shape index (κ1) is 11.0. The molecule has 0 spiro atoms. The van der Waals surface area contributed by atoms with Crippen LogP contribution in [0.15, 0.2) is 29.2 Å². The summed E-state index contributed by atoms with van der Waals surface area (Å²) in [6, 6.07) is 6.28. The third-order valence-corrected chi connectivity index (χ3v) is 4.37. The van der Waals surface area contributed by atoms with Crippen LogP contribution in [0.1, 0.15) is 0 Å². The summed E-state index contributed by atoms with van der Waals surface area (Å²) >= 11 is 8.76. The first-order chi connectivity index (χ1) is 6.06. The molecule has 0 heterocycles. The third-order valence-electron chi connectivity index (χ3n) is 1.50. The van der Waals surface area contributed by atoms with E-state index in [2.05, 4.69) is 15.9 Å². The molecule has 0 aromatic heterocycles. The molecule has 0 unspecified atom stereocenters. The van der Waals surface area contributed by atoms with Gasteiger partial charge in [0.05, 0.1) is 10.6 Å². The zero-order valence-corrected chi connectivity index (χ0v) is 9.86. The van der Waals surface area contributed by atoms with Crippen molar-refractivity contribution >= 4 is 37.4 Å². The summed E-state index contributed by atoms with van der Waals surface area (Å²) in [6.45, 7) is 0. The van der Waals surface area contributed by atoms with E-state index in [4.69, 9.17) is 11.6 Å². The molecule has 0 bridgehead atoms. The number of alkyl halides is 1. The zero-order chi connectivity index (χ0) is 9.90. The normalized spacial score (nSPS) is 11.5. The van der Waals surface area contributed by atoms with E-state index in [0.29, 0.717) is 10.4 Å². The highest BCUT2D eigenvalue weighted by Gasteiger charge is 2.12. The molecule has 13 heavy (non-hydrogen) atoms. The Labute approximate surface area is 91.0 Å². The molecule has 2 nitrogen and oxygen atoms in total. The maximum atomic E-state index is 11.5. The van der Waals surface area contributed by atoms with Gasteiger partial charge in [0.15, 0.2) is 9.84 Å². The highest BCUT2D eigenvalue weighted by molar-refractivity contribution is 9.09. The van der Waals surface area contributed by atoms with Gasteiger partial charge in [-0.05, 0) is 18.2 Å². The van der Waals surface area contributed by atoms with Gasteiger partial charge >= 0.3 is 0 Å². The van der Waals surface area contributed by atoms with Crippen molar-refractivity contribution in [2.45, 2.75) is 4.90 Å². The van der Waals surface area contributed by atoms with Crippen LogP contribution in [0, 0.1) is 0 Å². The van der Waals surface area contributed by atoms with E-state index in [0.717, 1.165) is 0 Å². The summed E-state index contributed by atoms with van der Waals surface area (Å²) in [6.07, 6.45) is 0. The first-order valence-electron chi connectivity index (χ1n) is 3.60. The van der Waals surface area contributed by atoms with Crippen LogP contribution in [0.2, 0.25) is 5.02 Å². The first-order valence-corrected chi connectivity index (χ1v) is 6.76. The minimum absolute atomic E-state index is 0.0906. The SMILES string of the molecule is O=S(=O)(CCBr)c1cccc(Cl)c1. The Balaban J connectivity index is 3.08. The van der Waals surface area contributed by atoms with E-state index in [1.165, 1.54) is 6.07 Å². The molecule has 5 heteroatoms. The van der Waals surface area contributed by atoms with E-state index in [1.807, 2.05) is 0 Å². The van der Waals surface area contributed by atoms with Gasteiger partial charge in [-0.1, -0.05) is 33.6 Å². The van der Waals surface area contributed by atoms with Crippen LogP contribution in [-0.2, 0) is 9.84 Å². The van der Waals surface area contributed by atoms with Gasteiger partial charge in [0.25, 0.3) is 0 Å². The molecule has 0 N–H and O–H groups in total. The van der Waals surface area contributed by atoms with E-state index < -0.39 is 9.84 Å². The molecule has 1 rings (SSSR count). The highest BCUT2D eigenvalue weighted by Crippen LogP contribution is 2.16. The smallest absolute Gasteiger partial charge is 0.179 e. The van der Waals surface area contributed by atoms with Crippen molar-refractivity contribution in [2.75, 3.05) is 11.1 Å². The number of hydrogen-bond acceptors (Lipinski definition) is 2. The van der Waals surface area contributed by atoms with Crippen LogP contribution in [0.25, 0.3) is 0 Å². The molecule has 0 radical (unpaired) electrons. The number of hydrogen-bond donors (Lipinski definition) is 0. The summed E-state index contributed by atoms with van der Waals surface area (Å²) in [5.74, 6) is 0.0906. The number of halogens is 2. The second-order valence-electron chi connectivity index (χ2n) is 2.47. The molecule has 0 atom stereocenters. The topological polar surface area (TPSA) is 34.1 Å². The quantitative estimate of drug-likeness (QED) is 0.799. The molecule has 72 valence electrons. The van der Waals surface area contributed by atoms with Crippen LogP contribution in [-0.4, -0.2) is 19.5 Å². The van der Waals surface area contributed by atoms with Crippen molar-refractivity contribution < 1.29 is 8.42 Å². The maximum absolute atomic E-state index is 11.5. The summed E-state index contributed by atoms with van der Waals surface area (Å²) < 4.78 is 23.0. The van der Waals surface area contributed by atoms with Crippen molar-refractivity contribution in [3.05, 3.63) is 29.3 Å². The van der Waals surface area contributed by atoms with Crippen LogP contribution in [0.3, 0.4) is 0 Å². The molecular weight excluding hydrogens is 276 g/mol. The van der Waals surface area contributed by atoms with Crippen LogP contribution in [0.4, 0.5) is 0 Å². The molecule has 1 aromatic rings. The number of sulfone groups is 1. The monoisotopic (exact) mass is 282 g/mol. The molecule has 0 amide bonds. The minimum atomic E-state index is -3.16. The number of rotatable bonds is 3. The van der Waals surface area contributed by atoms with Gasteiger partial charge in [0.1, 0.15) is 0 Å². The minimum Gasteiger partial charge on any atom is -0.224 e. The standard InChI is InChI=1S/C8H8BrClO2S/c9-4-5-13(11,12)8-3-1-2-7(10)6-8/h1-3,6H,4-5H2. The van der Waals surface area contributed by atoms with Gasteiger partial charge in [-0.15, -0.1) is 0 Å². The molecule has 0 aliphatic carbocycles. The Hall–Kier alpha value is -0.0600. The van der Waals surface area contributed by atoms with Crippen molar-refractivity contribution in [2.24, 2.45) is 0 Å². The van der Waals surface area contributed by atoms with Crippen molar-refractivity contribution in [1.29, 1.82) is 0 Å². The third kappa shape index (κ3) is 2.97. The van der Waals surface area contributed by atoms with Gasteiger partial charge in [0, 0.05) is 10.4 Å². The predicted octanol–water partition coefficient (Wildman–Crippen LogP) is 2.51. The molecular formula is C8H8BrClO2S. The summed E-state index contributed by atoms with van der Waals surface area (Å²) in [7, 11) is -3.16. The lowest BCUT2D eigenvalue weighted by atomic mass is 10.4. The Morgan fingerprint density at radius 3 is 2.62 bits per heavy atom. The second kappa shape index (κ2) is 4.44. The molecule has 0 aliphatic rings. The van der Waals surface area contributed by atoms with Crippen LogP contribution < -0.4 is 0 Å². The van der Waals surface area contributed by atoms with Gasteiger partial charge in [-0.2, -0.15) is 0 Å². The zero-order valence-electron chi connectivity index (χ0n) is 6.70. The summed E-state index contributed by atoms with van der Waals surface area (Å²) in [5.41, 5.74) is 0. The van der Waals surface area contributed by atoms with Gasteiger partial charge in [-0.3, -0.25) is 0 Å². The van der Waals surface area contributed by atoms with Crippen LogP contribution >= 0.6 is 27.5 Å². The van der Waals surface area contributed by atoms with Crippen molar-refractivity contribution in [1.82, 2.24) is 0 Å². The molecule has 0 fully saturated rings. The average molecular weight is 284 g/mol. The Kier molecular flexibility index (Phi) is 3.76. The second-order valence-corrected chi connectivity index (χ2v) is 5.80. The summed E-state index contributed by atoms with van der Waals surface area (Å²) in [5, 5.41) is 0.873. The maximum Gasteiger partial charge on any atom is 0.179 e. The summed E-state index contributed by atoms with van der Waals surface area (Å²) in [4.78, 5) is 0.277. The average Bonchev–Trinajstić information content (AvgIpc) is 2.04. The van der Waals surface area contributed by atoms with E-state index >= 15 is 0 Å². The Bertz CT molecular complexity index is 389. The van der Waals surface area contributed by atoms with E-state index in [-0.39, 0.29) is 10.6 Å². The van der Waals surface area contributed by atoms with E-state index in [1.54, 1.807) is 18.2 Å². The van der Waals surface area contributed by atoms with Crippen molar-refractivity contribution in [3.63, 3.8) is 0 Å². The number of benzene rings is 1. The fourth-order valence-electron chi connectivity index (χ4n) is 0.880. The Morgan fingerprint density at radius 2 is 2.08 bits per heavy atom. The van der Waals surface area contributed by atoms with E-state index in [9.17, 15) is 8.42 Å². The molecule has 0 aliphatic heterocycles. The van der Waals surface area contributed by atoms with Crippen LogP contribution in [0.5, 0.6) is 0 Å². The lowest BCUT2D eigenvalue weighted by molar-refractivity contribution is 0.597. The Morgan fingerprint density at radius 1 is 1.38 bits per heavy atom. The highest BCUT2D eigenvalue weighted by atomic mass is 79.9. The van der Waals surface area contributed by atoms with Gasteiger partial charge in [-0.25, -0.2) is 8.42 Å². The van der Waals surface area contributed by atoms with Gasteiger partial charge in [0.2, 0.25) is 0 Å². The molecule has 0 saturated heterocycles. The fourth-order valence-corrected chi connectivity index (χ4v) is 3.44. The molecule has 0 saturated carbocycles. The lowest BCUT2D eigenvalue weighted by Gasteiger charge is -2.01.